The summed E-state index contributed by atoms with van der Waals surface area (Å²) < 4.78 is 5.92. The fourth-order valence-electron chi connectivity index (χ4n) is 8.35. The third kappa shape index (κ3) is 5.15. The number of hydrogen-bond donors (Lipinski definition) is 3. The minimum atomic E-state index is -1.18. The maximum Gasteiger partial charge on any atom is 0.326 e. The first-order chi connectivity index (χ1) is 22.0. The molecule has 1 saturated heterocycles. The van der Waals surface area contributed by atoms with Crippen LogP contribution in [-0.4, -0.2) is 56.6 Å². The molecule has 3 aromatic rings. The van der Waals surface area contributed by atoms with E-state index in [1.54, 1.807) is 17.8 Å². The number of imide groups is 1. The molecule has 7 rings (SSSR count). The number of thiazole rings is 1. The molecule has 3 heterocycles. The Balaban J connectivity index is 1.17. The van der Waals surface area contributed by atoms with Crippen LogP contribution < -0.4 is 14.9 Å². The smallest absolute Gasteiger partial charge is 0.326 e. The van der Waals surface area contributed by atoms with Crippen LogP contribution in [0.25, 0.3) is 0 Å². The van der Waals surface area contributed by atoms with Crippen molar-refractivity contribution in [3.63, 3.8) is 0 Å². The topological polar surface area (TPSA) is 146 Å². The number of ether oxygens (including phenoxy) is 1. The number of fused-ring (bicyclic) bond motifs is 9. The zero-order valence-corrected chi connectivity index (χ0v) is 27.2. The van der Waals surface area contributed by atoms with Gasteiger partial charge >= 0.3 is 10.8 Å². The summed E-state index contributed by atoms with van der Waals surface area (Å²) >= 11 is 2.74. The average Bonchev–Trinajstić information content (AvgIpc) is 3.74. The number of anilines is 1. The second kappa shape index (κ2) is 11.7. The van der Waals surface area contributed by atoms with Crippen LogP contribution in [0.15, 0.2) is 58.4 Å². The molecule has 8 atom stereocenters. The first kappa shape index (κ1) is 30.7. The minimum absolute atomic E-state index is 0.00250. The van der Waals surface area contributed by atoms with Crippen molar-refractivity contribution in [2.75, 3.05) is 11.9 Å². The van der Waals surface area contributed by atoms with Crippen LogP contribution in [0.1, 0.15) is 48.6 Å². The van der Waals surface area contributed by atoms with Crippen LogP contribution in [0, 0.1) is 42.4 Å². The van der Waals surface area contributed by atoms with Crippen molar-refractivity contribution in [2.45, 2.75) is 55.8 Å². The number of hydrogen-bond acceptors (Lipinski definition) is 8. The highest BCUT2D eigenvalue weighted by atomic mass is 32.2. The summed E-state index contributed by atoms with van der Waals surface area (Å²) in [6.45, 7) is 5.53. The van der Waals surface area contributed by atoms with Gasteiger partial charge in [-0.1, -0.05) is 49.4 Å². The molecular formula is C34H35N3O7S2. The standard InChI is InChI=1S/C34H35N3O7S2/c1-15(2)10-22(33(41)42)37-31(39)26-20-13-21(27(26)32(37)40)28-25(20)24(29-30(45-28)36-34(43)46-29)17-7-5-9-19(12-17)44-14-23(38)35-18-8-4-6-16(3)11-18/h4-9,11-12,15,20-22,24-28H,10,13-14H2,1-3H3,(H,35,38)(H,36,43)(H,41,42)/t20?,21?,22?,24-,25?,26?,27?,28?/m1/s1. The van der Waals surface area contributed by atoms with Crippen LogP contribution in [0.2, 0.25) is 0 Å². The number of carbonyl (C=O) groups is 4. The van der Waals surface area contributed by atoms with E-state index in [2.05, 4.69) is 10.3 Å². The van der Waals surface area contributed by atoms with Gasteiger partial charge in [0.15, 0.2) is 6.61 Å². The third-order valence-electron chi connectivity index (χ3n) is 9.94. The number of thioether (sulfide) groups is 1. The van der Waals surface area contributed by atoms with E-state index in [0.717, 1.165) is 37.3 Å². The van der Waals surface area contributed by atoms with E-state index >= 15 is 0 Å². The summed E-state index contributed by atoms with van der Waals surface area (Å²) in [6.07, 6.45) is 0.913. The highest BCUT2D eigenvalue weighted by molar-refractivity contribution is 8.00. The Morgan fingerprint density at radius 1 is 1.07 bits per heavy atom. The molecule has 2 saturated carbocycles. The summed E-state index contributed by atoms with van der Waals surface area (Å²) in [5, 5.41) is 13.6. The minimum Gasteiger partial charge on any atom is -0.484 e. The van der Waals surface area contributed by atoms with Crippen molar-refractivity contribution in [3.8, 4) is 5.75 Å². The van der Waals surface area contributed by atoms with E-state index in [0.29, 0.717) is 17.9 Å². The Bertz CT molecular complexity index is 1800. The van der Waals surface area contributed by atoms with Gasteiger partial charge < -0.3 is 20.1 Å². The number of carboxylic acid groups (broad SMARTS) is 1. The molecule has 3 N–H and O–H groups in total. The van der Waals surface area contributed by atoms with Gasteiger partial charge in [-0.3, -0.25) is 24.1 Å². The number of H-pyrrole nitrogens is 1. The Labute approximate surface area is 273 Å². The lowest BCUT2D eigenvalue weighted by molar-refractivity contribution is -0.156. The number of nitrogens with zero attached hydrogens (tertiary/aromatic N) is 1. The van der Waals surface area contributed by atoms with Crippen LogP contribution in [0.3, 0.4) is 0 Å². The molecule has 12 heteroatoms. The Kier molecular flexibility index (Phi) is 7.83. The lowest BCUT2D eigenvalue weighted by atomic mass is 9.68. The SMILES string of the molecule is Cc1cccc(NC(=O)COc2cccc([C@H]3c4sc(=O)[nH]c4SC4C5CC(C6C(=O)N(C(CC(C)C)C(=O)O)C(=O)C56)C43)c2)c1. The number of carbonyl (C=O) groups excluding carboxylic acids is 3. The predicted octanol–water partition coefficient (Wildman–Crippen LogP) is 4.73. The number of aliphatic carboxylic acids is 1. The quantitative estimate of drug-likeness (QED) is 0.279. The van der Waals surface area contributed by atoms with Crippen molar-refractivity contribution in [1.82, 2.24) is 9.88 Å². The van der Waals surface area contributed by atoms with Crippen LogP contribution in [0.5, 0.6) is 5.75 Å². The van der Waals surface area contributed by atoms with Crippen molar-refractivity contribution in [2.24, 2.45) is 35.5 Å². The second-order valence-corrected chi connectivity index (χ2v) is 15.5. The van der Waals surface area contributed by atoms with Gasteiger partial charge in [0.25, 0.3) is 5.91 Å². The Hall–Kier alpha value is -3.90. The monoisotopic (exact) mass is 661 g/mol. The summed E-state index contributed by atoms with van der Waals surface area (Å²) in [5.41, 5.74) is 2.63. The van der Waals surface area contributed by atoms with E-state index in [9.17, 15) is 29.1 Å². The van der Waals surface area contributed by atoms with Crippen molar-refractivity contribution < 1.29 is 29.0 Å². The van der Waals surface area contributed by atoms with E-state index in [1.807, 2.05) is 63.2 Å². The zero-order valence-electron chi connectivity index (χ0n) is 25.6. The molecule has 7 unspecified atom stereocenters. The van der Waals surface area contributed by atoms with Crippen LogP contribution in [-0.2, 0) is 19.2 Å². The van der Waals surface area contributed by atoms with E-state index in [1.165, 1.54) is 0 Å². The van der Waals surface area contributed by atoms with Crippen molar-refractivity contribution >= 4 is 52.5 Å². The molecular weight excluding hydrogens is 627 g/mol. The molecule has 2 aromatic carbocycles. The molecule has 10 nitrogen and oxygen atoms in total. The summed E-state index contributed by atoms with van der Waals surface area (Å²) in [5.74, 6) is -3.31. The summed E-state index contributed by atoms with van der Waals surface area (Å²) in [6, 6.07) is 13.9. The number of aromatic amines is 1. The molecule has 240 valence electrons. The number of carboxylic acids is 1. The normalized spacial score (nSPS) is 28.2. The van der Waals surface area contributed by atoms with E-state index in [4.69, 9.17) is 4.74 Å². The molecule has 46 heavy (non-hydrogen) atoms. The molecule has 2 aliphatic carbocycles. The number of benzene rings is 2. The molecule has 3 amide bonds. The molecule has 3 fully saturated rings. The van der Waals surface area contributed by atoms with Crippen molar-refractivity contribution in [3.05, 3.63) is 74.2 Å². The van der Waals surface area contributed by atoms with E-state index in [-0.39, 0.29) is 70.5 Å². The maximum atomic E-state index is 14.0. The van der Waals surface area contributed by atoms with Crippen LogP contribution >= 0.6 is 23.1 Å². The highest BCUT2D eigenvalue weighted by Gasteiger charge is 2.70. The van der Waals surface area contributed by atoms with Gasteiger partial charge in [-0.2, -0.15) is 0 Å². The number of likely N-dealkylation sites (tertiary alicyclic amines) is 1. The maximum absolute atomic E-state index is 14.0. The van der Waals surface area contributed by atoms with Gasteiger partial charge in [0, 0.05) is 21.7 Å². The number of amides is 3. The predicted molar refractivity (Wildman–Crippen MR) is 173 cm³/mol. The van der Waals surface area contributed by atoms with E-state index < -0.39 is 23.8 Å². The lowest BCUT2D eigenvalue weighted by Gasteiger charge is -2.43. The average molecular weight is 662 g/mol. The molecule has 0 spiro atoms. The highest BCUT2D eigenvalue weighted by Crippen LogP contribution is 2.68. The van der Waals surface area contributed by atoms with Gasteiger partial charge in [0.2, 0.25) is 11.8 Å². The van der Waals surface area contributed by atoms with Gasteiger partial charge in [-0.05, 0) is 78.8 Å². The van der Waals surface area contributed by atoms with Gasteiger partial charge in [0.1, 0.15) is 11.8 Å². The largest absolute Gasteiger partial charge is 0.484 e. The number of nitrogens with one attached hydrogen (secondary N) is 2. The molecule has 0 radical (unpaired) electrons. The van der Waals surface area contributed by atoms with Gasteiger partial charge in [0.05, 0.1) is 16.9 Å². The fraction of sp³-hybridized carbons (Fsp3) is 0.441. The second-order valence-electron chi connectivity index (χ2n) is 13.3. The van der Waals surface area contributed by atoms with Gasteiger partial charge in [-0.15, -0.1) is 11.8 Å². The Morgan fingerprint density at radius 2 is 1.80 bits per heavy atom. The first-order valence-corrected chi connectivity index (χ1v) is 17.3. The van der Waals surface area contributed by atoms with Crippen LogP contribution in [0.4, 0.5) is 5.69 Å². The van der Waals surface area contributed by atoms with Gasteiger partial charge in [-0.25, -0.2) is 4.79 Å². The number of rotatable bonds is 9. The first-order valence-electron chi connectivity index (χ1n) is 15.6. The zero-order chi connectivity index (χ0) is 32.4. The molecule has 2 bridgehead atoms. The number of aromatic nitrogens is 1. The molecule has 1 aromatic heterocycles. The molecule has 2 aliphatic heterocycles. The lowest BCUT2D eigenvalue weighted by Crippen LogP contribution is -2.47. The fourth-order valence-corrected chi connectivity index (χ4v) is 11.2. The Morgan fingerprint density at radius 3 is 2.52 bits per heavy atom. The summed E-state index contributed by atoms with van der Waals surface area (Å²) in [4.78, 5) is 70.1. The number of aryl methyl sites for hydroxylation is 1. The summed E-state index contributed by atoms with van der Waals surface area (Å²) in [7, 11) is 0. The third-order valence-corrected chi connectivity index (χ3v) is 12.5. The molecule has 4 aliphatic rings. The van der Waals surface area contributed by atoms with Crippen molar-refractivity contribution in [1.29, 1.82) is 0 Å².